The lowest BCUT2D eigenvalue weighted by Gasteiger charge is -1.98. The van der Waals surface area contributed by atoms with Crippen LogP contribution in [0.4, 0.5) is 0 Å². The van der Waals surface area contributed by atoms with Crippen molar-refractivity contribution in [3.63, 3.8) is 0 Å². The average molecular weight is 257 g/mol. The summed E-state index contributed by atoms with van der Waals surface area (Å²) >= 11 is 5.96. The fourth-order valence-corrected chi connectivity index (χ4v) is 2.18. The molecule has 0 aliphatic rings. The van der Waals surface area contributed by atoms with Crippen LogP contribution in [0, 0.1) is 0 Å². The van der Waals surface area contributed by atoms with Crippen LogP contribution in [0.25, 0.3) is 16.9 Å². The van der Waals surface area contributed by atoms with Gasteiger partial charge >= 0.3 is 0 Å². The predicted octanol–water partition coefficient (Wildman–Crippen LogP) is 4.22. The van der Waals surface area contributed by atoms with Crippen molar-refractivity contribution in [2.45, 2.75) is 13.3 Å². The number of fused-ring (bicyclic) bond motifs is 1. The van der Waals surface area contributed by atoms with Crippen molar-refractivity contribution >= 4 is 17.2 Å². The smallest absolute Gasteiger partial charge is 0.137 e. The van der Waals surface area contributed by atoms with Crippen molar-refractivity contribution in [2.75, 3.05) is 0 Å². The number of imidazole rings is 1. The second kappa shape index (κ2) is 4.46. The second-order valence-electron chi connectivity index (χ2n) is 4.29. The minimum Gasteiger partial charge on any atom is -0.305 e. The Morgan fingerprint density at radius 3 is 2.56 bits per heavy atom. The molecule has 0 amide bonds. The molecular weight excluding hydrogens is 244 g/mol. The number of aryl methyl sites for hydroxylation is 1. The lowest BCUT2D eigenvalue weighted by molar-refractivity contribution is 1.14. The number of rotatable bonds is 2. The Kier molecular flexibility index (Phi) is 2.80. The highest BCUT2D eigenvalue weighted by atomic mass is 35.5. The molecule has 2 nitrogen and oxygen atoms in total. The molecule has 2 heterocycles. The first-order valence-corrected chi connectivity index (χ1v) is 6.37. The third-order valence-corrected chi connectivity index (χ3v) is 3.30. The van der Waals surface area contributed by atoms with Crippen molar-refractivity contribution in [1.82, 2.24) is 9.38 Å². The van der Waals surface area contributed by atoms with Crippen LogP contribution in [-0.2, 0) is 6.42 Å². The van der Waals surface area contributed by atoms with E-state index in [9.17, 15) is 0 Å². The van der Waals surface area contributed by atoms with Gasteiger partial charge in [0.1, 0.15) is 5.65 Å². The molecule has 0 saturated heterocycles. The lowest BCUT2D eigenvalue weighted by atomic mass is 10.1. The van der Waals surface area contributed by atoms with E-state index in [2.05, 4.69) is 36.2 Å². The Labute approximate surface area is 111 Å². The Balaban J connectivity index is 2.07. The van der Waals surface area contributed by atoms with Gasteiger partial charge in [-0.2, -0.15) is 0 Å². The lowest BCUT2D eigenvalue weighted by Crippen LogP contribution is -1.81. The van der Waals surface area contributed by atoms with Crippen LogP contribution >= 0.6 is 11.6 Å². The van der Waals surface area contributed by atoms with Crippen LogP contribution in [0.3, 0.4) is 0 Å². The molecule has 0 bridgehead atoms. The summed E-state index contributed by atoms with van der Waals surface area (Å²) in [4.78, 5) is 4.58. The highest BCUT2D eigenvalue weighted by Gasteiger charge is 2.04. The topological polar surface area (TPSA) is 17.3 Å². The largest absolute Gasteiger partial charge is 0.305 e. The van der Waals surface area contributed by atoms with Crippen LogP contribution in [0.2, 0.25) is 5.02 Å². The van der Waals surface area contributed by atoms with Crippen molar-refractivity contribution in [2.24, 2.45) is 0 Å². The molecule has 0 spiro atoms. The zero-order valence-electron chi connectivity index (χ0n) is 10.1. The highest BCUT2D eigenvalue weighted by molar-refractivity contribution is 6.30. The van der Waals surface area contributed by atoms with Crippen LogP contribution < -0.4 is 0 Å². The maximum Gasteiger partial charge on any atom is 0.137 e. The first-order valence-electron chi connectivity index (χ1n) is 6.00. The fraction of sp³-hybridized carbons (Fsp3) is 0.133. The molecule has 18 heavy (non-hydrogen) atoms. The number of hydrogen-bond donors (Lipinski definition) is 0. The molecule has 90 valence electrons. The average Bonchev–Trinajstić information content (AvgIpc) is 2.81. The van der Waals surface area contributed by atoms with Gasteiger partial charge in [0.2, 0.25) is 0 Å². The highest BCUT2D eigenvalue weighted by Crippen LogP contribution is 2.21. The maximum absolute atomic E-state index is 5.96. The SMILES string of the molecule is CCc1ccc(-c2cn3cc(Cl)ccc3n2)cc1. The van der Waals surface area contributed by atoms with Crippen LogP contribution in [0.5, 0.6) is 0 Å². The number of hydrogen-bond acceptors (Lipinski definition) is 1. The van der Waals surface area contributed by atoms with Gasteiger partial charge in [0.25, 0.3) is 0 Å². The number of pyridine rings is 1. The molecule has 0 N–H and O–H groups in total. The van der Waals surface area contributed by atoms with E-state index < -0.39 is 0 Å². The van der Waals surface area contributed by atoms with Crippen LogP contribution in [-0.4, -0.2) is 9.38 Å². The molecule has 1 aromatic carbocycles. The number of benzene rings is 1. The quantitative estimate of drug-likeness (QED) is 0.671. The molecule has 0 radical (unpaired) electrons. The number of aromatic nitrogens is 2. The van der Waals surface area contributed by atoms with Gasteiger partial charge in [-0.3, -0.25) is 0 Å². The molecule has 2 aromatic heterocycles. The summed E-state index contributed by atoms with van der Waals surface area (Å²) < 4.78 is 1.95. The molecule has 0 saturated carbocycles. The van der Waals surface area contributed by atoms with Crippen molar-refractivity contribution < 1.29 is 0 Å². The summed E-state index contributed by atoms with van der Waals surface area (Å²) in [6.45, 7) is 2.15. The number of nitrogens with zero attached hydrogens (tertiary/aromatic N) is 2. The Morgan fingerprint density at radius 2 is 1.83 bits per heavy atom. The fourth-order valence-electron chi connectivity index (χ4n) is 2.01. The van der Waals surface area contributed by atoms with Crippen molar-refractivity contribution in [1.29, 1.82) is 0 Å². The zero-order chi connectivity index (χ0) is 12.5. The van der Waals surface area contributed by atoms with E-state index in [-0.39, 0.29) is 0 Å². The van der Waals surface area contributed by atoms with E-state index in [0.29, 0.717) is 5.02 Å². The molecule has 0 aliphatic carbocycles. The van der Waals surface area contributed by atoms with Gasteiger partial charge in [-0.25, -0.2) is 4.98 Å². The second-order valence-corrected chi connectivity index (χ2v) is 4.73. The third-order valence-electron chi connectivity index (χ3n) is 3.07. The Hall–Kier alpha value is -1.80. The molecule has 3 aromatic rings. The number of halogens is 1. The molecule has 3 heteroatoms. The van der Waals surface area contributed by atoms with Crippen LogP contribution in [0.15, 0.2) is 48.8 Å². The Bertz CT molecular complexity index is 683. The molecule has 3 rings (SSSR count). The van der Waals surface area contributed by atoms with Crippen LogP contribution in [0.1, 0.15) is 12.5 Å². The van der Waals surface area contributed by atoms with Crippen molar-refractivity contribution in [3.05, 3.63) is 59.4 Å². The predicted molar refractivity (Wildman–Crippen MR) is 75.0 cm³/mol. The summed E-state index contributed by atoms with van der Waals surface area (Å²) in [7, 11) is 0. The summed E-state index contributed by atoms with van der Waals surface area (Å²) in [5, 5.41) is 0.716. The summed E-state index contributed by atoms with van der Waals surface area (Å²) in [5.74, 6) is 0. The van der Waals surface area contributed by atoms with E-state index >= 15 is 0 Å². The van der Waals surface area contributed by atoms with Gasteiger partial charge in [-0.1, -0.05) is 42.8 Å². The normalized spacial score (nSPS) is 11.0. The molecule has 0 aliphatic heterocycles. The standard InChI is InChI=1S/C15H13ClN2/c1-2-11-3-5-12(6-4-11)14-10-18-9-13(16)7-8-15(18)17-14/h3-10H,2H2,1H3. The van der Waals surface area contributed by atoms with E-state index in [1.165, 1.54) is 5.56 Å². The summed E-state index contributed by atoms with van der Waals surface area (Å²) in [6, 6.07) is 12.3. The van der Waals surface area contributed by atoms with E-state index in [0.717, 1.165) is 23.3 Å². The van der Waals surface area contributed by atoms with Gasteiger partial charge in [0.15, 0.2) is 0 Å². The van der Waals surface area contributed by atoms with E-state index in [1.54, 1.807) is 0 Å². The van der Waals surface area contributed by atoms with E-state index in [1.807, 2.05) is 28.9 Å². The monoisotopic (exact) mass is 256 g/mol. The first-order chi connectivity index (χ1) is 8.76. The zero-order valence-corrected chi connectivity index (χ0v) is 10.9. The molecule has 0 atom stereocenters. The minimum absolute atomic E-state index is 0.716. The summed E-state index contributed by atoms with van der Waals surface area (Å²) in [5.41, 5.74) is 4.35. The molecular formula is C15H13ClN2. The third kappa shape index (κ3) is 2.00. The van der Waals surface area contributed by atoms with E-state index in [4.69, 9.17) is 11.6 Å². The molecule has 0 unspecified atom stereocenters. The first kappa shape index (κ1) is 11.3. The van der Waals surface area contributed by atoms with Gasteiger partial charge in [-0.05, 0) is 24.1 Å². The van der Waals surface area contributed by atoms with Crippen molar-refractivity contribution in [3.8, 4) is 11.3 Å². The van der Waals surface area contributed by atoms with Gasteiger partial charge < -0.3 is 4.40 Å². The van der Waals surface area contributed by atoms with Gasteiger partial charge in [-0.15, -0.1) is 0 Å². The van der Waals surface area contributed by atoms with Gasteiger partial charge in [0, 0.05) is 18.0 Å². The van der Waals surface area contributed by atoms with Gasteiger partial charge in [0.05, 0.1) is 10.7 Å². The summed E-state index contributed by atoms with van der Waals surface area (Å²) in [6.07, 6.45) is 4.93. The maximum atomic E-state index is 5.96. The molecule has 0 fully saturated rings. The minimum atomic E-state index is 0.716. The Morgan fingerprint density at radius 1 is 1.06 bits per heavy atom.